The average molecular weight is 556 g/mol. The van der Waals surface area contributed by atoms with Crippen molar-refractivity contribution in [1.29, 1.82) is 0 Å². The molecular formula is C23H38IN7O. The van der Waals surface area contributed by atoms with Crippen molar-refractivity contribution in [1.82, 2.24) is 30.3 Å². The Labute approximate surface area is 209 Å². The van der Waals surface area contributed by atoms with Gasteiger partial charge in [0.25, 0.3) is 0 Å². The number of aromatic nitrogens is 3. The average Bonchev–Trinajstić information content (AvgIpc) is 3.11. The van der Waals surface area contributed by atoms with Gasteiger partial charge < -0.3 is 19.9 Å². The molecule has 0 atom stereocenters. The smallest absolute Gasteiger partial charge is 0.192 e. The van der Waals surface area contributed by atoms with Crippen LogP contribution >= 0.6 is 24.0 Å². The number of nitrogens with one attached hydrogen (secondary N) is 2. The molecular weight excluding hydrogens is 517 g/mol. The van der Waals surface area contributed by atoms with E-state index in [1.807, 2.05) is 42.8 Å². The van der Waals surface area contributed by atoms with Crippen molar-refractivity contribution in [2.45, 2.75) is 58.7 Å². The van der Waals surface area contributed by atoms with Gasteiger partial charge in [-0.3, -0.25) is 4.90 Å². The quantitative estimate of drug-likeness (QED) is 0.296. The molecule has 0 spiro atoms. The lowest BCUT2D eigenvalue weighted by Crippen LogP contribution is -2.54. The lowest BCUT2D eigenvalue weighted by molar-refractivity contribution is 0.0982. The molecule has 1 aliphatic heterocycles. The van der Waals surface area contributed by atoms with E-state index in [2.05, 4.69) is 39.6 Å². The third-order valence-corrected chi connectivity index (χ3v) is 6.08. The van der Waals surface area contributed by atoms with Gasteiger partial charge in [0.05, 0.1) is 20.2 Å². The fraction of sp³-hybridized carbons (Fsp3) is 0.609. The summed E-state index contributed by atoms with van der Waals surface area (Å²) in [6.07, 6.45) is 3.91. The Morgan fingerprint density at radius 2 is 1.78 bits per heavy atom. The number of piperidine rings is 1. The van der Waals surface area contributed by atoms with Crippen LogP contribution in [0.3, 0.4) is 0 Å². The third kappa shape index (κ3) is 7.33. The predicted molar refractivity (Wildman–Crippen MR) is 140 cm³/mol. The van der Waals surface area contributed by atoms with Crippen LogP contribution in [0, 0.1) is 6.92 Å². The second kappa shape index (κ2) is 12.4. The van der Waals surface area contributed by atoms with Gasteiger partial charge in [0.2, 0.25) is 0 Å². The minimum atomic E-state index is 0. The highest BCUT2D eigenvalue weighted by atomic mass is 127. The van der Waals surface area contributed by atoms with Crippen molar-refractivity contribution in [3.05, 3.63) is 41.5 Å². The number of methoxy groups -OCH3 is 1. The number of likely N-dealkylation sites (tertiary alicyclic amines) is 1. The maximum atomic E-state index is 5.25. The number of ether oxygens (including phenoxy) is 1. The van der Waals surface area contributed by atoms with Gasteiger partial charge in [-0.05, 0) is 64.4 Å². The lowest BCUT2D eigenvalue weighted by Gasteiger charge is -2.41. The van der Waals surface area contributed by atoms with E-state index in [0.717, 1.165) is 35.5 Å². The summed E-state index contributed by atoms with van der Waals surface area (Å²) in [4.78, 5) is 7.41. The molecule has 2 aromatic rings. The lowest BCUT2D eigenvalue weighted by atomic mass is 9.98. The standard InChI is InChI=1S/C23H37N7O.HI/c1-18-27-28-21(29(18)4)16-25-22(24-15-19-9-11-20(31-5)12-10-19)26-17-23(2,3)30-13-7-6-8-14-30;/h9-12H,6-8,13-17H2,1-5H3,(H2,24,25,26);1H. The number of guanidine groups is 1. The zero-order valence-electron chi connectivity index (χ0n) is 20.0. The molecule has 8 nitrogen and oxygen atoms in total. The van der Waals surface area contributed by atoms with E-state index in [1.54, 1.807) is 7.11 Å². The number of rotatable bonds is 8. The predicted octanol–water partition coefficient (Wildman–Crippen LogP) is 3.25. The van der Waals surface area contributed by atoms with Gasteiger partial charge in [-0.1, -0.05) is 18.6 Å². The van der Waals surface area contributed by atoms with Crippen LogP contribution in [-0.4, -0.2) is 57.9 Å². The highest BCUT2D eigenvalue weighted by Crippen LogP contribution is 2.19. The summed E-state index contributed by atoms with van der Waals surface area (Å²) in [5.74, 6) is 3.41. The molecule has 2 heterocycles. The minimum absolute atomic E-state index is 0. The normalized spacial score (nSPS) is 15.2. The fourth-order valence-corrected chi connectivity index (χ4v) is 3.75. The molecule has 0 unspecified atom stereocenters. The van der Waals surface area contributed by atoms with Crippen molar-refractivity contribution < 1.29 is 4.74 Å². The SMILES string of the molecule is COc1ccc(CN=C(NCc2nnc(C)n2C)NCC(C)(C)N2CCCCC2)cc1.I. The Balaban J connectivity index is 0.00000363. The second-order valence-corrected chi connectivity index (χ2v) is 8.80. The molecule has 0 radical (unpaired) electrons. The number of aliphatic imine (C=N–C) groups is 1. The van der Waals surface area contributed by atoms with E-state index in [4.69, 9.17) is 9.73 Å². The van der Waals surface area contributed by atoms with Gasteiger partial charge in [-0.2, -0.15) is 0 Å². The highest BCUT2D eigenvalue weighted by molar-refractivity contribution is 14.0. The van der Waals surface area contributed by atoms with Crippen LogP contribution in [0.1, 0.15) is 50.3 Å². The van der Waals surface area contributed by atoms with Crippen molar-refractivity contribution in [3.63, 3.8) is 0 Å². The van der Waals surface area contributed by atoms with Crippen LogP contribution in [0.5, 0.6) is 5.75 Å². The van der Waals surface area contributed by atoms with Crippen molar-refractivity contribution in [3.8, 4) is 5.75 Å². The minimum Gasteiger partial charge on any atom is -0.497 e. The largest absolute Gasteiger partial charge is 0.497 e. The maximum Gasteiger partial charge on any atom is 0.192 e. The summed E-state index contributed by atoms with van der Waals surface area (Å²) in [5, 5.41) is 15.4. The Bertz CT molecular complexity index is 858. The van der Waals surface area contributed by atoms with E-state index in [1.165, 1.54) is 32.4 Å². The van der Waals surface area contributed by atoms with Crippen LogP contribution in [0.4, 0.5) is 0 Å². The van der Waals surface area contributed by atoms with Crippen LogP contribution in [0.15, 0.2) is 29.3 Å². The molecule has 32 heavy (non-hydrogen) atoms. The van der Waals surface area contributed by atoms with Gasteiger partial charge in [-0.15, -0.1) is 34.2 Å². The van der Waals surface area contributed by atoms with E-state index >= 15 is 0 Å². The number of hydrogen-bond donors (Lipinski definition) is 2. The third-order valence-electron chi connectivity index (χ3n) is 6.08. The zero-order valence-corrected chi connectivity index (χ0v) is 22.3. The number of nitrogens with zero attached hydrogens (tertiary/aromatic N) is 5. The van der Waals surface area contributed by atoms with Crippen LogP contribution in [0.25, 0.3) is 0 Å². The first-order valence-corrected chi connectivity index (χ1v) is 11.1. The molecule has 0 saturated carbocycles. The zero-order chi connectivity index (χ0) is 22.3. The first kappa shape index (κ1) is 26.4. The van der Waals surface area contributed by atoms with E-state index in [-0.39, 0.29) is 29.5 Å². The van der Waals surface area contributed by atoms with Gasteiger partial charge in [-0.25, -0.2) is 4.99 Å². The summed E-state index contributed by atoms with van der Waals surface area (Å²) >= 11 is 0. The van der Waals surface area contributed by atoms with E-state index < -0.39 is 0 Å². The molecule has 0 bridgehead atoms. The molecule has 2 N–H and O–H groups in total. The molecule has 1 aliphatic rings. The van der Waals surface area contributed by atoms with Crippen LogP contribution < -0.4 is 15.4 Å². The molecule has 9 heteroatoms. The summed E-state index contributed by atoms with van der Waals surface area (Å²) in [6.45, 7) is 10.9. The molecule has 1 saturated heterocycles. The number of halogens is 1. The van der Waals surface area contributed by atoms with Gasteiger partial charge in [0.15, 0.2) is 11.8 Å². The summed E-state index contributed by atoms with van der Waals surface area (Å²) in [5.41, 5.74) is 1.19. The fourth-order valence-electron chi connectivity index (χ4n) is 3.75. The molecule has 0 amide bonds. The number of aryl methyl sites for hydroxylation is 1. The van der Waals surface area contributed by atoms with Gasteiger partial charge >= 0.3 is 0 Å². The Morgan fingerprint density at radius 1 is 1.09 bits per heavy atom. The molecule has 0 aliphatic carbocycles. The Morgan fingerprint density at radius 3 is 2.38 bits per heavy atom. The van der Waals surface area contributed by atoms with E-state index in [9.17, 15) is 0 Å². The molecule has 3 rings (SSSR count). The van der Waals surface area contributed by atoms with Crippen LogP contribution in [0.2, 0.25) is 0 Å². The second-order valence-electron chi connectivity index (χ2n) is 8.80. The van der Waals surface area contributed by atoms with Crippen LogP contribution in [-0.2, 0) is 20.1 Å². The topological polar surface area (TPSA) is 79.6 Å². The first-order chi connectivity index (χ1) is 14.9. The molecule has 1 aromatic carbocycles. The summed E-state index contributed by atoms with van der Waals surface area (Å²) in [7, 11) is 3.66. The molecule has 1 aromatic heterocycles. The molecule has 178 valence electrons. The number of benzene rings is 1. The van der Waals surface area contributed by atoms with E-state index in [0.29, 0.717) is 13.1 Å². The first-order valence-electron chi connectivity index (χ1n) is 11.1. The Kier molecular flexibility index (Phi) is 10.2. The van der Waals surface area contributed by atoms with Gasteiger partial charge in [0, 0.05) is 19.1 Å². The summed E-state index contributed by atoms with van der Waals surface area (Å²) < 4.78 is 7.24. The van der Waals surface area contributed by atoms with Gasteiger partial charge in [0.1, 0.15) is 11.6 Å². The molecule has 1 fully saturated rings. The van der Waals surface area contributed by atoms with Crippen molar-refractivity contribution >= 4 is 29.9 Å². The maximum absolute atomic E-state index is 5.25. The number of hydrogen-bond acceptors (Lipinski definition) is 5. The summed E-state index contributed by atoms with van der Waals surface area (Å²) in [6, 6.07) is 8.02. The highest BCUT2D eigenvalue weighted by Gasteiger charge is 2.28. The van der Waals surface area contributed by atoms with Crippen molar-refractivity contribution in [2.75, 3.05) is 26.7 Å². The monoisotopic (exact) mass is 555 g/mol. The van der Waals surface area contributed by atoms with Crippen molar-refractivity contribution in [2.24, 2.45) is 12.0 Å². The Hall–Kier alpha value is -1.88.